The van der Waals surface area contributed by atoms with Gasteiger partial charge < -0.3 is 0 Å². The van der Waals surface area contributed by atoms with Crippen LogP contribution in [0.3, 0.4) is 0 Å². The van der Waals surface area contributed by atoms with Crippen LogP contribution in [0, 0.1) is 0 Å². The van der Waals surface area contributed by atoms with E-state index in [9.17, 15) is 0 Å². The van der Waals surface area contributed by atoms with Gasteiger partial charge in [0, 0.05) is 0 Å². The van der Waals surface area contributed by atoms with E-state index in [0.717, 1.165) is 0 Å². The zero-order valence-corrected chi connectivity index (χ0v) is 23.2. The van der Waals surface area contributed by atoms with E-state index in [1.54, 1.807) is 0 Å². The maximum atomic E-state index is 2.68. The molecule has 1 heterocycles. The fraction of sp³-hybridized carbons (Fsp3) is 1.00. The molecule has 0 aromatic rings. The second-order valence-corrected chi connectivity index (χ2v) is 81.9. The molecule has 0 unspecified atom stereocenters. The Kier molecular flexibility index (Phi) is 5.50. The van der Waals surface area contributed by atoms with Crippen LogP contribution in [0.25, 0.3) is 0 Å². The fourth-order valence-corrected chi connectivity index (χ4v) is 292. The summed E-state index contributed by atoms with van der Waals surface area (Å²) in [7, 11) is 0. The first-order valence-corrected chi connectivity index (χ1v) is 29.1. The number of rotatable bonds is 0. The van der Waals surface area contributed by atoms with Crippen LogP contribution < -0.4 is 0 Å². The number of hydrogen-bond donors (Lipinski definition) is 0. The molecule has 1 rings (SSSR count). The van der Waals surface area contributed by atoms with Crippen molar-refractivity contribution in [2.45, 2.75) is 96.8 Å². The molecule has 0 aromatic heterocycles. The summed E-state index contributed by atoms with van der Waals surface area (Å²) < 4.78 is 2.22. The summed E-state index contributed by atoms with van der Waals surface area (Å²) in [6.07, 6.45) is 5.36. The summed E-state index contributed by atoms with van der Waals surface area (Å²) in [6.45, 7) is 30.4. The Morgan fingerprint density at radius 3 is 0.650 bits per heavy atom. The number of hydrogen-bond acceptors (Lipinski definition) is 2. The van der Waals surface area contributed by atoms with Gasteiger partial charge in [0.15, 0.2) is 0 Å². The zero-order chi connectivity index (χ0) is 16.4. The van der Waals surface area contributed by atoms with Crippen LogP contribution in [-0.2, 0) is 0 Å². The van der Waals surface area contributed by atoms with Crippen LogP contribution in [0.4, 0.5) is 0 Å². The first-order chi connectivity index (χ1) is 8.41. The molecule has 0 bridgehead atoms. The van der Waals surface area contributed by atoms with Crippen molar-refractivity contribution in [3.8, 4) is 0 Å². The summed E-state index contributed by atoms with van der Waals surface area (Å²) >= 11 is -4.54. The molecule has 1 aliphatic heterocycles. The van der Waals surface area contributed by atoms with Gasteiger partial charge in [-0.3, -0.25) is 0 Å². The van der Waals surface area contributed by atoms with Gasteiger partial charge in [-0.15, -0.1) is 0 Å². The molecule has 0 amide bonds. The van der Waals surface area contributed by atoms with E-state index in [1.165, 1.54) is 0 Å². The Bertz CT molecular complexity index is 301. The van der Waals surface area contributed by atoms with Crippen molar-refractivity contribution in [3.05, 3.63) is 0 Å². The van der Waals surface area contributed by atoms with Crippen molar-refractivity contribution in [2.24, 2.45) is 0 Å². The summed E-state index contributed by atoms with van der Waals surface area (Å²) in [5, 5.41) is 0. The van der Waals surface area contributed by atoms with Crippen molar-refractivity contribution in [1.82, 2.24) is 0 Å². The summed E-state index contributed by atoms with van der Waals surface area (Å²) in [4.78, 5) is 0. The van der Waals surface area contributed by atoms with E-state index in [4.69, 9.17) is 0 Å². The molecule has 1 saturated heterocycles. The standard InChI is InChI=1S/4C4H9.2S.2Sn/c4*1-4(2)3;;;;/h4*1-3H3;;;;. The van der Waals surface area contributed by atoms with E-state index in [-0.39, 0.29) is 0 Å². The normalized spacial score (nSPS) is 23.4. The van der Waals surface area contributed by atoms with Gasteiger partial charge in [0.25, 0.3) is 0 Å². The van der Waals surface area contributed by atoms with Gasteiger partial charge in [-0.1, -0.05) is 0 Å². The van der Waals surface area contributed by atoms with Gasteiger partial charge in [-0.05, 0) is 0 Å². The van der Waals surface area contributed by atoms with Crippen LogP contribution in [0.1, 0.15) is 83.1 Å². The van der Waals surface area contributed by atoms with E-state index < -0.39 is 31.2 Å². The van der Waals surface area contributed by atoms with Crippen molar-refractivity contribution in [1.29, 1.82) is 0 Å². The molecule has 0 spiro atoms. The first-order valence-electron chi connectivity index (χ1n) is 7.82. The SMILES string of the molecule is C[C](C)(C)[Sn]1([C](C)(C)C)[S][Sn]([C](C)(C)C)([C](C)(C)C)[S]1. The van der Waals surface area contributed by atoms with Gasteiger partial charge >= 0.3 is 140 Å². The molecule has 0 radical (unpaired) electrons. The molecule has 20 heavy (non-hydrogen) atoms. The Balaban J connectivity index is 3.33. The first kappa shape index (κ1) is 20.3. The summed E-state index contributed by atoms with van der Waals surface area (Å²) in [5.74, 6) is 0. The molecule has 120 valence electrons. The summed E-state index contributed by atoms with van der Waals surface area (Å²) in [5.41, 5.74) is 0. The summed E-state index contributed by atoms with van der Waals surface area (Å²) in [6, 6.07) is 0. The molecule has 0 atom stereocenters. The zero-order valence-electron chi connectivity index (χ0n) is 15.8. The third-order valence-corrected chi connectivity index (χ3v) is 182. The Hall–Kier alpha value is 2.30. The minimum absolute atomic E-state index is 0.555. The second kappa shape index (κ2) is 5.40. The molecular weight excluding hydrogens is 494 g/mol. The van der Waals surface area contributed by atoms with E-state index in [2.05, 4.69) is 95.3 Å². The quantitative estimate of drug-likeness (QED) is 0.297. The van der Waals surface area contributed by atoms with Crippen LogP contribution in [-0.4, -0.2) is 31.2 Å². The predicted octanol–water partition coefficient (Wildman–Crippen LogP) is 7.55. The molecular formula is C16H36S2Sn2. The third kappa shape index (κ3) is 2.99. The molecule has 0 aromatic carbocycles. The molecule has 0 saturated carbocycles. The van der Waals surface area contributed by atoms with Gasteiger partial charge in [0.2, 0.25) is 0 Å². The van der Waals surface area contributed by atoms with Gasteiger partial charge in [-0.25, -0.2) is 0 Å². The molecule has 1 aliphatic rings. The minimum atomic E-state index is -2.27. The van der Waals surface area contributed by atoms with Crippen molar-refractivity contribution < 1.29 is 0 Å². The average molecular weight is 530 g/mol. The maximum absolute atomic E-state index is 2.68. The molecule has 0 N–H and O–H groups in total. The van der Waals surface area contributed by atoms with Crippen LogP contribution >= 0.6 is 12.3 Å². The second-order valence-electron chi connectivity index (χ2n) is 10.4. The molecule has 0 nitrogen and oxygen atoms in total. The van der Waals surface area contributed by atoms with Crippen molar-refractivity contribution in [2.75, 3.05) is 0 Å². The van der Waals surface area contributed by atoms with Crippen molar-refractivity contribution in [3.63, 3.8) is 0 Å². The third-order valence-electron chi connectivity index (χ3n) is 4.52. The Labute approximate surface area is 139 Å². The van der Waals surface area contributed by atoms with Crippen LogP contribution in [0.2, 0.25) is 13.7 Å². The van der Waals surface area contributed by atoms with E-state index in [1.807, 2.05) is 0 Å². The Morgan fingerprint density at radius 2 is 0.550 bits per heavy atom. The molecule has 1 fully saturated rings. The monoisotopic (exact) mass is 532 g/mol. The average Bonchev–Trinajstić information content (AvgIpc) is 1.87. The van der Waals surface area contributed by atoms with E-state index >= 15 is 0 Å². The van der Waals surface area contributed by atoms with Gasteiger partial charge in [0.1, 0.15) is 0 Å². The van der Waals surface area contributed by atoms with Crippen LogP contribution in [0.15, 0.2) is 0 Å². The van der Waals surface area contributed by atoms with E-state index in [0.29, 0.717) is 13.7 Å². The van der Waals surface area contributed by atoms with Crippen molar-refractivity contribution >= 4 is 43.5 Å². The Morgan fingerprint density at radius 1 is 0.400 bits per heavy atom. The van der Waals surface area contributed by atoms with Gasteiger partial charge in [-0.2, -0.15) is 0 Å². The fourth-order valence-electron chi connectivity index (χ4n) is 3.89. The molecule has 0 aliphatic carbocycles. The van der Waals surface area contributed by atoms with Gasteiger partial charge in [0.05, 0.1) is 0 Å². The van der Waals surface area contributed by atoms with Crippen LogP contribution in [0.5, 0.6) is 0 Å². The topological polar surface area (TPSA) is 0 Å². The molecule has 4 heteroatoms. The predicted molar refractivity (Wildman–Crippen MR) is 106 cm³/mol.